The lowest BCUT2D eigenvalue weighted by Gasteiger charge is -2.29. The Bertz CT molecular complexity index is 942. The highest BCUT2D eigenvalue weighted by molar-refractivity contribution is 7.10. The molecule has 1 aromatic heterocycles. The third-order valence-electron chi connectivity index (χ3n) is 6.05. The normalized spacial score (nSPS) is 28.6. The van der Waals surface area contributed by atoms with Gasteiger partial charge in [0, 0.05) is 13.0 Å². The third kappa shape index (κ3) is 2.94. The molecule has 0 bridgehead atoms. The van der Waals surface area contributed by atoms with E-state index in [-0.39, 0.29) is 36.6 Å². The van der Waals surface area contributed by atoms with Crippen LogP contribution in [-0.4, -0.2) is 47.0 Å². The number of esters is 1. The summed E-state index contributed by atoms with van der Waals surface area (Å²) in [5.41, 5.74) is -0.466. The number of benzene rings is 1. The molecule has 4 atom stereocenters. The van der Waals surface area contributed by atoms with Gasteiger partial charge < -0.3 is 15.2 Å². The van der Waals surface area contributed by atoms with Gasteiger partial charge in [0.25, 0.3) is 0 Å². The first-order valence-corrected chi connectivity index (χ1v) is 10.4. The average molecular weight is 415 g/mol. The number of amides is 2. The van der Waals surface area contributed by atoms with Gasteiger partial charge in [0.05, 0.1) is 12.0 Å². The minimum Gasteiger partial charge on any atom is -0.508 e. The molecule has 2 aromatic rings. The van der Waals surface area contributed by atoms with E-state index in [0.717, 1.165) is 10.4 Å². The number of carbonyl (C=O) groups is 3. The predicted molar refractivity (Wildman–Crippen MR) is 105 cm³/mol. The van der Waals surface area contributed by atoms with E-state index in [9.17, 15) is 19.5 Å². The molecular weight excluding hydrogens is 392 g/mol. The highest BCUT2D eigenvalue weighted by Gasteiger charge is 2.72. The van der Waals surface area contributed by atoms with E-state index in [0.29, 0.717) is 0 Å². The number of phenols is 1. The van der Waals surface area contributed by atoms with Crippen molar-refractivity contribution in [1.29, 1.82) is 0 Å². The van der Waals surface area contributed by atoms with E-state index in [1.165, 1.54) is 23.3 Å². The van der Waals surface area contributed by atoms with Gasteiger partial charge in [-0.1, -0.05) is 18.2 Å². The summed E-state index contributed by atoms with van der Waals surface area (Å²) in [6.45, 7) is 2.04. The minimum absolute atomic E-state index is 0.120. The van der Waals surface area contributed by atoms with Gasteiger partial charge in [-0.25, -0.2) is 4.79 Å². The van der Waals surface area contributed by atoms with Gasteiger partial charge in [0.15, 0.2) is 0 Å². The van der Waals surface area contributed by atoms with Gasteiger partial charge in [0.2, 0.25) is 17.4 Å². The Morgan fingerprint density at radius 3 is 2.55 bits per heavy atom. The van der Waals surface area contributed by atoms with Crippen molar-refractivity contribution in [3.63, 3.8) is 0 Å². The van der Waals surface area contributed by atoms with Crippen LogP contribution >= 0.6 is 11.3 Å². The van der Waals surface area contributed by atoms with E-state index in [4.69, 9.17) is 4.74 Å². The molecule has 2 aliphatic heterocycles. The van der Waals surface area contributed by atoms with Gasteiger partial charge in [-0.3, -0.25) is 14.5 Å². The highest BCUT2D eigenvalue weighted by Crippen LogP contribution is 2.46. The summed E-state index contributed by atoms with van der Waals surface area (Å²) in [5.74, 6) is -2.36. The molecule has 2 aliphatic rings. The maximum atomic E-state index is 13.3. The number of imide groups is 1. The minimum atomic E-state index is -1.25. The van der Waals surface area contributed by atoms with E-state index >= 15 is 0 Å². The Hall–Kier alpha value is -2.71. The van der Waals surface area contributed by atoms with Gasteiger partial charge >= 0.3 is 5.97 Å². The van der Waals surface area contributed by atoms with Crippen LogP contribution in [0.25, 0.3) is 0 Å². The van der Waals surface area contributed by atoms with E-state index in [1.54, 1.807) is 31.2 Å². The molecule has 3 heterocycles. The van der Waals surface area contributed by atoms with Crippen molar-refractivity contribution in [2.24, 2.45) is 11.8 Å². The molecule has 0 radical (unpaired) electrons. The Labute approximate surface area is 172 Å². The maximum absolute atomic E-state index is 13.3. The largest absolute Gasteiger partial charge is 0.508 e. The van der Waals surface area contributed by atoms with Crippen molar-refractivity contribution in [2.75, 3.05) is 13.7 Å². The summed E-state index contributed by atoms with van der Waals surface area (Å²) in [6.07, 6.45) is 0.222. The van der Waals surface area contributed by atoms with Crippen LogP contribution in [0, 0.1) is 11.8 Å². The van der Waals surface area contributed by atoms with E-state index in [1.807, 2.05) is 22.8 Å². The Kier molecular flexibility index (Phi) is 4.92. The Morgan fingerprint density at radius 1 is 1.24 bits per heavy atom. The number of methoxy groups -OCH3 is 1. The molecule has 0 unspecified atom stereocenters. The summed E-state index contributed by atoms with van der Waals surface area (Å²) >= 11 is 1.51. The smallest absolute Gasteiger partial charge is 0.369 e. The average Bonchev–Trinajstić information content (AvgIpc) is 3.41. The topological polar surface area (TPSA) is 101 Å². The van der Waals surface area contributed by atoms with E-state index < -0.39 is 23.3 Å². The molecule has 29 heavy (non-hydrogen) atoms. The second kappa shape index (κ2) is 7.27. The van der Waals surface area contributed by atoms with Crippen LogP contribution in [-0.2, 0) is 25.5 Å². The molecule has 2 saturated heterocycles. The lowest BCUT2D eigenvalue weighted by atomic mass is 9.76. The number of aromatic hydroxyl groups is 1. The zero-order chi connectivity index (χ0) is 20.8. The number of hydrogen-bond donors (Lipinski definition) is 2. The zero-order valence-corrected chi connectivity index (χ0v) is 17.0. The number of hydrogen-bond acceptors (Lipinski definition) is 6. The molecule has 152 valence electrons. The molecular formula is C21H23N2O5S+. The quantitative estimate of drug-likeness (QED) is 0.557. The van der Waals surface area contributed by atoms with Crippen molar-refractivity contribution < 1.29 is 29.5 Å². The van der Waals surface area contributed by atoms with Crippen molar-refractivity contribution in [3.05, 3.63) is 52.2 Å². The second-order valence-corrected chi connectivity index (χ2v) is 8.49. The lowest BCUT2D eigenvalue weighted by molar-refractivity contribution is -0.733. The lowest BCUT2D eigenvalue weighted by Crippen LogP contribution is -2.98. The van der Waals surface area contributed by atoms with Gasteiger partial charge in [-0.05, 0) is 36.1 Å². The molecule has 0 spiro atoms. The number of carbonyl (C=O) groups excluding carboxylic acids is 3. The molecule has 1 aromatic carbocycles. The van der Waals surface area contributed by atoms with Crippen molar-refractivity contribution in [1.82, 2.24) is 4.90 Å². The fourth-order valence-electron chi connectivity index (χ4n) is 4.81. The Balaban J connectivity index is 1.84. The second-order valence-electron chi connectivity index (χ2n) is 7.51. The number of ether oxygens (including phenoxy) is 1. The molecule has 0 aliphatic carbocycles. The van der Waals surface area contributed by atoms with Gasteiger partial charge in [0.1, 0.15) is 23.6 Å². The standard InChI is InChI=1S/C21H22N2O5S/c1-3-23-18(25)15-16(19(23)26)21(20(27)28-2,11-12-6-8-13(24)9-7-12)22-17(15)14-5-4-10-29-14/h4-10,15-17,22,24H,3,11H2,1-2H3/p+1/t15-,16+,17+,21-/m1/s1. The molecule has 2 fully saturated rings. The van der Waals surface area contributed by atoms with Crippen LogP contribution < -0.4 is 5.32 Å². The number of nitrogens with two attached hydrogens (primary N) is 1. The van der Waals surface area contributed by atoms with Crippen LogP contribution in [0.15, 0.2) is 41.8 Å². The number of likely N-dealkylation sites (tertiary alicyclic amines) is 1. The summed E-state index contributed by atoms with van der Waals surface area (Å²) in [7, 11) is 1.31. The molecule has 7 nitrogen and oxygen atoms in total. The number of rotatable bonds is 5. The first-order valence-electron chi connectivity index (χ1n) is 9.54. The van der Waals surface area contributed by atoms with Gasteiger partial charge in [-0.15, -0.1) is 11.3 Å². The summed E-state index contributed by atoms with van der Waals surface area (Å²) in [4.78, 5) is 41.7. The molecule has 2 amide bonds. The summed E-state index contributed by atoms with van der Waals surface area (Å²) < 4.78 is 5.16. The summed E-state index contributed by atoms with van der Waals surface area (Å²) in [5, 5.41) is 13.4. The van der Waals surface area contributed by atoms with Crippen molar-refractivity contribution in [2.45, 2.75) is 24.9 Å². The van der Waals surface area contributed by atoms with Crippen molar-refractivity contribution >= 4 is 29.1 Å². The molecule has 4 rings (SSSR count). The van der Waals surface area contributed by atoms with Crippen LogP contribution in [0.4, 0.5) is 0 Å². The van der Waals surface area contributed by atoms with Crippen LogP contribution in [0.3, 0.4) is 0 Å². The monoisotopic (exact) mass is 415 g/mol. The molecule has 0 saturated carbocycles. The first kappa shape index (κ1) is 19.6. The van der Waals surface area contributed by atoms with Crippen LogP contribution in [0.2, 0.25) is 0 Å². The predicted octanol–water partition coefficient (Wildman–Crippen LogP) is 0.847. The SMILES string of the molecule is CCN1C(=O)[C@@H]2[C@@H](C1=O)[C@](Cc1ccc(O)cc1)(C(=O)OC)[NH2+][C@H]2c1cccs1. The number of nitrogens with zero attached hydrogens (tertiary/aromatic N) is 1. The van der Waals surface area contributed by atoms with Crippen LogP contribution in [0.5, 0.6) is 5.75 Å². The van der Waals surface area contributed by atoms with Crippen molar-refractivity contribution in [3.8, 4) is 5.75 Å². The maximum Gasteiger partial charge on any atom is 0.369 e. The molecule has 8 heteroatoms. The number of fused-ring (bicyclic) bond motifs is 1. The molecule has 3 N–H and O–H groups in total. The third-order valence-corrected chi connectivity index (χ3v) is 7.02. The fourth-order valence-corrected chi connectivity index (χ4v) is 5.65. The highest BCUT2D eigenvalue weighted by atomic mass is 32.1. The van der Waals surface area contributed by atoms with Crippen LogP contribution in [0.1, 0.15) is 23.4 Å². The summed E-state index contributed by atoms with van der Waals surface area (Å²) in [6, 6.07) is 10.0. The fraction of sp³-hybridized carbons (Fsp3) is 0.381. The number of phenolic OH excluding ortho intramolecular Hbond substituents is 1. The number of thiophene rings is 1. The van der Waals surface area contributed by atoms with Gasteiger partial charge in [-0.2, -0.15) is 0 Å². The Morgan fingerprint density at radius 2 is 1.97 bits per heavy atom. The number of quaternary nitrogens is 1. The first-order chi connectivity index (χ1) is 13.9. The zero-order valence-electron chi connectivity index (χ0n) is 16.2. The van der Waals surface area contributed by atoms with E-state index in [2.05, 4.69) is 0 Å².